The number of nitrogens with one attached hydrogen (secondary N) is 1. The third-order valence-electron chi connectivity index (χ3n) is 3.93. The van der Waals surface area contributed by atoms with E-state index < -0.39 is 0 Å². The van der Waals surface area contributed by atoms with Crippen molar-refractivity contribution in [1.82, 2.24) is 9.88 Å². The molecule has 1 amide bonds. The third kappa shape index (κ3) is 4.09. The van der Waals surface area contributed by atoms with E-state index in [1.54, 1.807) is 0 Å². The van der Waals surface area contributed by atoms with Crippen LogP contribution in [0.25, 0.3) is 0 Å². The normalized spacial score (nSPS) is 22.8. The maximum absolute atomic E-state index is 12.3. The number of amides is 1. The van der Waals surface area contributed by atoms with Crippen molar-refractivity contribution >= 4 is 21.8 Å². The molecule has 1 fully saturated rings. The van der Waals surface area contributed by atoms with Gasteiger partial charge in [0.2, 0.25) is 0 Å². The first-order valence-electron chi connectivity index (χ1n) is 7.42. The summed E-state index contributed by atoms with van der Waals surface area (Å²) in [5.41, 5.74) is 0.717. The molecule has 1 aliphatic rings. The summed E-state index contributed by atoms with van der Waals surface area (Å²) < 4.78 is 2.93. The van der Waals surface area contributed by atoms with E-state index in [4.69, 9.17) is 0 Å². The zero-order chi connectivity index (χ0) is 14.5. The maximum Gasteiger partial charge on any atom is 0.267 e. The fourth-order valence-electron chi connectivity index (χ4n) is 2.77. The highest BCUT2D eigenvalue weighted by atomic mass is 79.9. The molecule has 0 saturated heterocycles. The van der Waals surface area contributed by atoms with Gasteiger partial charge in [0.15, 0.2) is 0 Å². The van der Waals surface area contributed by atoms with Gasteiger partial charge in [-0.2, -0.15) is 0 Å². The summed E-state index contributed by atoms with van der Waals surface area (Å²) in [6.07, 6.45) is 6.54. The smallest absolute Gasteiger partial charge is 0.267 e. The molecule has 1 aromatic rings. The Balaban J connectivity index is 1.88. The van der Waals surface area contributed by atoms with Crippen molar-refractivity contribution in [1.29, 1.82) is 0 Å². The molecule has 1 aromatic heterocycles. The van der Waals surface area contributed by atoms with Gasteiger partial charge < -0.3 is 15.0 Å². The quantitative estimate of drug-likeness (QED) is 0.864. The monoisotopic (exact) mass is 342 g/mol. The first kappa shape index (κ1) is 15.6. The molecular weight excluding hydrogens is 320 g/mol. The van der Waals surface area contributed by atoms with Gasteiger partial charge in [0.05, 0.1) is 6.10 Å². The SMILES string of the molecule is CCCn1cc(Br)cc1C(=O)NCC1CCC(O)CC1. The van der Waals surface area contributed by atoms with Crippen LogP contribution in [0.2, 0.25) is 0 Å². The van der Waals surface area contributed by atoms with Crippen LogP contribution < -0.4 is 5.32 Å². The second-order valence-electron chi connectivity index (χ2n) is 5.62. The molecule has 0 aliphatic heterocycles. The molecule has 1 heterocycles. The number of nitrogens with zero attached hydrogens (tertiary/aromatic N) is 1. The molecule has 0 radical (unpaired) electrons. The second-order valence-corrected chi connectivity index (χ2v) is 6.54. The second kappa shape index (κ2) is 7.27. The Morgan fingerprint density at radius 1 is 1.45 bits per heavy atom. The van der Waals surface area contributed by atoms with Crippen LogP contribution in [0.1, 0.15) is 49.5 Å². The number of hydrogen-bond acceptors (Lipinski definition) is 2. The molecule has 0 atom stereocenters. The first-order chi connectivity index (χ1) is 9.60. The van der Waals surface area contributed by atoms with Crippen molar-refractivity contribution in [2.75, 3.05) is 6.54 Å². The summed E-state index contributed by atoms with van der Waals surface area (Å²) >= 11 is 3.43. The minimum Gasteiger partial charge on any atom is -0.393 e. The third-order valence-corrected chi connectivity index (χ3v) is 4.36. The number of carbonyl (C=O) groups is 1. The van der Waals surface area contributed by atoms with E-state index in [9.17, 15) is 9.90 Å². The predicted molar refractivity (Wildman–Crippen MR) is 82.7 cm³/mol. The molecule has 2 N–H and O–H groups in total. The van der Waals surface area contributed by atoms with E-state index in [2.05, 4.69) is 28.2 Å². The Kier molecular flexibility index (Phi) is 5.66. The molecule has 112 valence electrons. The lowest BCUT2D eigenvalue weighted by molar-refractivity contribution is 0.0902. The number of hydrogen-bond donors (Lipinski definition) is 2. The van der Waals surface area contributed by atoms with Crippen LogP contribution >= 0.6 is 15.9 Å². The Morgan fingerprint density at radius 3 is 2.80 bits per heavy atom. The maximum atomic E-state index is 12.3. The molecule has 1 saturated carbocycles. The molecule has 1 aliphatic carbocycles. The lowest BCUT2D eigenvalue weighted by Crippen LogP contribution is -2.33. The highest BCUT2D eigenvalue weighted by molar-refractivity contribution is 9.10. The summed E-state index contributed by atoms with van der Waals surface area (Å²) in [6, 6.07) is 1.87. The zero-order valence-corrected chi connectivity index (χ0v) is 13.5. The molecule has 5 heteroatoms. The van der Waals surface area contributed by atoms with Gasteiger partial charge in [0.25, 0.3) is 5.91 Å². The molecule has 20 heavy (non-hydrogen) atoms. The largest absolute Gasteiger partial charge is 0.393 e. The lowest BCUT2D eigenvalue weighted by Gasteiger charge is -2.25. The van der Waals surface area contributed by atoms with E-state index in [0.29, 0.717) is 12.5 Å². The van der Waals surface area contributed by atoms with Crippen LogP contribution in [0.4, 0.5) is 0 Å². The Morgan fingerprint density at radius 2 is 2.15 bits per heavy atom. The number of rotatable bonds is 5. The minimum absolute atomic E-state index is 0.00438. The molecular formula is C15H23BrN2O2. The van der Waals surface area contributed by atoms with Crippen LogP contribution in [-0.4, -0.2) is 28.2 Å². The number of aromatic nitrogens is 1. The fourth-order valence-corrected chi connectivity index (χ4v) is 3.23. The Bertz CT molecular complexity index is 451. The summed E-state index contributed by atoms with van der Waals surface area (Å²) in [6.45, 7) is 3.66. The zero-order valence-electron chi connectivity index (χ0n) is 11.9. The van der Waals surface area contributed by atoms with Crippen molar-refractivity contribution in [2.24, 2.45) is 5.92 Å². The van der Waals surface area contributed by atoms with Crippen LogP contribution in [0, 0.1) is 5.92 Å². The molecule has 2 rings (SSSR count). The van der Waals surface area contributed by atoms with E-state index in [0.717, 1.165) is 48.8 Å². The lowest BCUT2D eigenvalue weighted by atomic mass is 9.87. The average molecular weight is 343 g/mol. The number of aliphatic hydroxyl groups excluding tert-OH is 1. The van der Waals surface area contributed by atoms with Gasteiger partial charge in [-0.15, -0.1) is 0 Å². The topological polar surface area (TPSA) is 54.3 Å². The molecule has 0 aromatic carbocycles. The van der Waals surface area contributed by atoms with Crippen LogP contribution in [-0.2, 0) is 6.54 Å². The summed E-state index contributed by atoms with van der Waals surface area (Å²) in [4.78, 5) is 12.3. The van der Waals surface area contributed by atoms with Crippen molar-refractivity contribution < 1.29 is 9.90 Å². The van der Waals surface area contributed by atoms with Crippen molar-refractivity contribution in [2.45, 2.75) is 51.7 Å². The predicted octanol–water partition coefficient (Wildman–Crippen LogP) is 2.94. The van der Waals surface area contributed by atoms with E-state index >= 15 is 0 Å². The Hall–Kier alpha value is -0.810. The van der Waals surface area contributed by atoms with Gasteiger partial charge in [-0.05, 0) is 60.0 Å². The number of aryl methyl sites for hydroxylation is 1. The van der Waals surface area contributed by atoms with Gasteiger partial charge in [-0.3, -0.25) is 4.79 Å². The van der Waals surface area contributed by atoms with Crippen molar-refractivity contribution in [3.05, 3.63) is 22.4 Å². The van der Waals surface area contributed by atoms with Gasteiger partial charge in [-0.25, -0.2) is 0 Å². The minimum atomic E-state index is -0.139. The van der Waals surface area contributed by atoms with E-state index in [1.165, 1.54) is 0 Å². The number of halogens is 1. The van der Waals surface area contributed by atoms with E-state index in [-0.39, 0.29) is 12.0 Å². The molecule has 0 spiro atoms. The van der Waals surface area contributed by atoms with Crippen LogP contribution in [0.5, 0.6) is 0 Å². The van der Waals surface area contributed by atoms with E-state index in [1.807, 2.05) is 16.8 Å². The van der Waals surface area contributed by atoms with Gasteiger partial charge >= 0.3 is 0 Å². The van der Waals surface area contributed by atoms with Crippen LogP contribution in [0.15, 0.2) is 16.7 Å². The highest BCUT2D eigenvalue weighted by Gasteiger charge is 2.20. The fraction of sp³-hybridized carbons (Fsp3) is 0.667. The van der Waals surface area contributed by atoms with Gasteiger partial charge in [0.1, 0.15) is 5.69 Å². The molecule has 0 bridgehead atoms. The summed E-state index contributed by atoms with van der Waals surface area (Å²) in [7, 11) is 0. The first-order valence-corrected chi connectivity index (χ1v) is 8.21. The van der Waals surface area contributed by atoms with Gasteiger partial charge in [-0.1, -0.05) is 6.92 Å². The average Bonchev–Trinajstić information content (AvgIpc) is 2.79. The number of aliphatic hydroxyl groups is 1. The number of carbonyl (C=O) groups excluding carboxylic acids is 1. The Labute approximate surface area is 128 Å². The molecule has 0 unspecified atom stereocenters. The van der Waals surface area contributed by atoms with Gasteiger partial charge in [0, 0.05) is 23.8 Å². The highest BCUT2D eigenvalue weighted by Crippen LogP contribution is 2.23. The van der Waals surface area contributed by atoms with Crippen molar-refractivity contribution in [3.8, 4) is 0 Å². The molecule has 4 nitrogen and oxygen atoms in total. The standard InChI is InChI=1S/C15H23BrN2O2/c1-2-7-18-10-12(16)8-14(18)15(20)17-9-11-3-5-13(19)6-4-11/h8,10-11,13,19H,2-7,9H2,1H3,(H,17,20). The van der Waals surface area contributed by atoms with Crippen molar-refractivity contribution in [3.63, 3.8) is 0 Å². The van der Waals surface area contributed by atoms with Crippen LogP contribution in [0.3, 0.4) is 0 Å². The summed E-state index contributed by atoms with van der Waals surface area (Å²) in [5.74, 6) is 0.496. The summed E-state index contributed by atoms with van der Waals surface area (Å²) in [5, 5.41) is 12.5.